The van der Waals surface area contributed by atoms with Crippen molar-refractivity contribution >= 4 is 46.6 Å². The molecule has 0 aliphatic rings. The number of amides is 2. The Morgan fingerprint density at radius 1 is 0.800 bits per heavy atom. The minimum absolute atomic E-state index is 0.158. The van der Waals surface area contributed by atoms with Gasteiger partial charge in [0.25, 0.3) is 5.91 Å². The van der Waals surface area contributed by atoms with E-state index in [9.17, 15) is 9.59 Å². The Morgan fingerprint density at radius 3 is 2.29 bits per heavy atom. The van der Waals surface area contributed by atoms with E-state index in [1.165, 1.54) is 11.8 Å². The van der Waals surface area contributed by atoms with Crippen LogP contribution < -0.4 is 15.4 Å². The number of anilines is 2. The molecule has 4 aromatic rings. The van der Waals surface area contributed by atoms with Crippen LogP contribution in [0, 0.1) is 0 Å². The molecule has 0 spiro atoms. The third-order valence-electron chi connectivity index (χ3n) is 5.13. The minimum Gasteiger partial charge on any atom is -0.497 e. The van der Waals surface area contributed by atoms with Gasteiger partial charge in [-0.2, -0.15) is 0 Å². The standard InChI is InChI=1S/C28H23ClN2O3S/c1-34-24-11-5-9-20(17-24)27(32)31-23-10-6-12-25(18-23)35-26(19-7-3-2-4-8-19)28(33)30-22-15-13-21(29)14-16-22/h2-18,26H,1H3,(H,30,33)(H,31,32). The molecule has 0 bridgehead atoms. The van der Waals surface area contributed by atoms with Crippen LogP contribution in [0.4, 0.5) is 11.4 Å². The third kappa shape index (κ3) is 6.66. The number of benzene rings is 4. The molecule has 7 heteroatoms. The summed E-state index contributed by atoms with van der Waals surface area (Å²) in [6, 6.07) is 31.0. The first kappa shape index (κ1) is 24.4. The first-order valence-corrected chi connectivity index (χ1v) is 12.1. The molecular formula is C28H23ClN2O3S. The van der Waals surface area contributed by atoms with Gasteiger partial charge in [0.05, 0.1) is 7.11 Å². The summed E-state index contributed by atoms with van der Waals surface area (Å²) in [5, 5.41) is 5.98. The van der Waals surface area contributed by atoms with Crippen molar-refractivity contribution in [3.63, 3.8) is 0 Å². The molecule has 1 atom stereocenters. The monoisotopic (exact) mass is 502 g/mol. The van der Waals surface area contributed by atoms with Crippen LogP contribution >= 0.6 is 23.4 Å². The van der Waals surface area contributed by atoms with Gasteiger partial charge < -0.3 is 15.4 Å². The van der Waals surface area contributed by atoms with Gasteiger partial charge >= 0.3 is 0 Å². The van der Waals surface area contributed by atoms with Crippen LogP contribution in [-0.4, -0.2) is 18.9 Å². The molecule has 35 heavy (non-hydrogen) atoms. The van der Waals surface area contributed by atoms with E-state index in [4.69, 9.17) is 16.3 Å². The van der Waals surface area contributed by atoms with Crippen molar-refractivity contribution in [2.24, 2.45) is 0 Å². The fraction of sp³-hybridized carbons (Fsp3) is 0.0714. The number of carbonyl (C=O) groups excluding carboxylic acids is 2. The van der Waals surface area contributed by atoms with Crippen molar-refractivity contribution in [2.75, 3.05) is 17.7 Å². The maximum atomic E-state index is 13.3. The van der Waals surface area contributed by atoms with Gasteiger partial charge in [-0.25, -0.2) is 0 Å². The molecule has 4 aromatic carbocycles. The molecule has 1 unspecified atom stereocenters. The predicted octanol–water partition coefficient (Wildman–Crippen LogP) is 7.07. The molecule has 0 aromatic heterocycles. The fourth-order valence-corrected chi connectivity index (χ4v) is 4.60. The van der Waals surface area contributed by atoms with E-state index in [1.807, 2.05) is 54.6 Å². The molecule has 0 aliphatic heterocycles. The van der Waals surface area contributed by atoms with E-state index in [0.717, 1.165) is 10.5 Å². The van der Waals surface area contributed by atoms with Gasteiger partial charge in [-0.1, -0.05) is 54.1 Å². The molecule has 0 fully saturated rings. The molecule has 176 valence electrons. The van der Waals surface area contributed by atoms with Crippen LogP contribution in [0.2, 0.25) is 5.02 Å². The summed E-state index contributed by atoms with van der Waals surface area (Å²) in [4.78, 5) is 26.8. The minimum atomic E-state index is -0.504. The van der Waals surface area contributed by atoms with E-state index in [2.05, 4.69) is 10.6 Å². The Kier molecular flexibility index (Phi) is 8.08. The van der Waals surface area contributed by atoms with E-state index >= 15 is 0 Å². The molecule has 2 amide bonds. The lowest BCUT2D eigenvalue weighted by Crippen LogP contribution is -2.19. The van der Waals surface area contributed by atoms with Gasteiger partial charge in [-0.05, 0) is 66.2 Å². The van der Waals surface area contributed by atoms with Crippen LogP contribution in [0.15, 0.2) is 108 Å². The SMILES string of the molecule is COc1cccc(C(=O)Nc2cccc(SC(C(=O)Nc3ccc(Cl)cc3)c3ccccc3)c2)c1. The second kappa shape index (κ2) is 11.6. The zero-order chi connectivity index (χ0) is 24.6. The third-order valence-corrected chi connectivity index (χ3v) is 6.63. The zero-order valence-corrected chi connectivity index (χ0v) is 20.5. The molecule has 0 saturated carbocycles. The first-order valence-electron chi connectivity index (χ1n) is 10.9. The summed E-state index contributed by atoms with van der Waals surface area (Å²) < 4.78 is 5.20. The van der Waals surface area contributed by atoms with Crippen LogP contribution in [0.1, 0.15) is 21.2 Å². The van der Waals surface area contributed by atoms with Crippen LogP contribution in [0.25, 0.3) is 0 Å². The molecule has 0 heterocycles. The second-order valence-corrected chi connectivity index (χ2v) is 9.23. The largest absolute Gasteiger partial charge is 0.497 e. The van der Waals surface area contributed by atoms with Crippen molar-refractivity contribution in [2.45, 2.75) is 10.1 Å². The zero-order valence-electron chi connectivity index (χ0n) is 18.9. The highest BCUT2D eigenvalue weighted by Crippen LogP contribution is 2.37. The number of nitrogens with one attached hydrogen (secondary N) is 2. The Bertz CT molecular complexity index is 1310. The number of hydrogen-bond donors (Lipinski definition) is 2. The smallest absolute Gasteiger partial charge is 0.255 e. The lowest BCUT2D eigenvalue weighted by Gasteiger charge is -2.18. The molecule has 4 rings (SSSR count). The summed E-state index contributed by atoms with van der Waals surface area (Å²) in [5.74, 6) is 0.208. The van der Waals surface area contributed by atoms with E-state index in [0.29, 0.717) is 27.7 Å². The molecule has 0 radical (unpaired) electrons. The van der Waals surface area contributed by atoms with Gasteiger partial charge in [-0.3, -0.25) is 9.59 Å². The topological polar surface area (TPSA) is 67.4 Å². The molecule has 0 aliphatic carbocycles. The van der Waals surface area contributed by atoms with Crippen molar-refractivity contribution in [1.29, 1.82) is 0 Å². The van der Waals surface area contributed by atoms with E-state index in [-0.39, 0.29) is 11.8 Å². The van der Waals surface area contributed by atoms with Crippen molar-refractivity contribution in [1.82, 2.24) is 0 Å². The summed E-state index contributed by atoms with van der Waals surface area (Å²) in [6.07, 6.45) is 0. The molecule has 2 N–H and O–H groups in total. The quantitative estimate of drug-likeness (QED) is 0.253. The first-order chi connectivity index (χ1) is 17.0. The number of ether oxygens (including phenoxy) is 1. The van der Waals surface area contributed by atoms with Gasteiger partial charge in [0.1, 0.15) is 11.0 Å². The number of methoxy groups -OCH3 is 1. The Hall–Kier alpha value is -3.74. The van der Waals surface area contributed by atoms with Gasteiger partial charge in [0.2, 0.25) is 5.91 Å². The average Bonchev–Trinajstić information content (AvgIpc) is 2.89. The normalized spacial score (nSPS) is 11.4. The summed E-state index contributed by atoms with van der Waals surface area (Å²) in [6.45, 7) is 0. The van der Waals surface area contributed by atoms with E-state index in [1.54, 1.807) is 55.6 Å². The lowest BCUT2D eigenvalue weighted by molar-refractivity contribution is -0.115. The second-order valence-electron chi connectivity index (χ2n) is 7.62. The van der Waals surface area contributed by atoms with Gasteiger partial charge in [0.15, 0.2) is 0 Å². The number of hydrogen-bond acceptors (Lipinski definition) is 4. The summed E-state index contributed by atoms with van der Waals surface area (Å²) in [5.41, 5.74) is 2.66. The predicted molar refractivity (Wildman–Crippen MR) is 143 cm³/mol. The number of halogens is 1. The van der Waals surface area contributed by atoms with Crippen LogP contribution in [0.3, 0.4) is 0 Å². The average molecular weight is 503 g/mol. The number of rotatable bonds is 8. The Labute approximate surface area is 213 Å². The summed E-state index contributed by atoms with van der Waals surface area (Å²) >= 11 is 7.37. The summed E-state index contributed by atoms with van der Waals surface area (Å²) in [7, 11) is 1.56. The maximum absolute atomic E-state index is 13.3. The maximum Gasteiger partial charge on any atom is 0.255 e. The van der Waals surface area contributed by atoms with E-state index < -0.39 is 5.25 Å². The van der Waals surface area contributed by atoms with Gasteiger partial charge in [-0.15, -0.1) is 11.8 Å². The van der Waals surface area contributed by atoms with Gasteiger partial charge in [0, 0.05) is 26.9 Å². The molecule has 5 nitrogen and oxygen atoms in total. The van der Waals surface area contributed by atoms with Crippen LogP contribution in [0.5, 0.6) is 5.75 Å². The van der Waals surface area contributed by atoms with Crippen molar-refractivity contribution in [3.8, 4) is 5.75 Å². The van der Waals surface area contributed by atoms with Crippen molar-refractivity contribution in [3.05, 3.63) is 119 Å². The highest BCUT2D eigenvalue weighted by molar-refractivity contribution is 8.00. The number of thioether (sulfide) groups is 1. The molecular weight excluding hydrogens is 480 g/mol. The highest BCUT2D eigenvalue weighted by atomic mass is 35.5. The highest BCUT2D eigenvalue weighted by Gasteiger charge is 2.22. The van der Waals surface area contributed by atoms with Crippen LogP contribution in [-0.2, 0) is 4.79 Å². The Morgan fingerprint density at radius 2 is 1.54 bits per heavy atom. The fourth-order valence-electron chi connectivity index (χ4n) is 3.39. The molecule has 0 saturated heterocycles. The lowest BCUT2D eigenvalue weighted by atomic mass is 10.1. The number of carbonyl (C=O) groups is 2. The Balaban J connectivity index is 1.53. The van der Waals surface area contributed by atoms with Crippen molar-refractivity contribution < 1.29 is 14.3 Å².